The highest BCUT2D eigenvalue weighted by atomic mass is 28.3. The minimum absolute atomic E-state index is 0.200. The fraction of sp³-hybridized carbons (Fsp3) is 0.500. The number of hydrogen-bond donors (Lipinski definition) is 1. The van der Waals surface area contributed by atoms with Crippen LogP contribution in [0.2, 0.25) is 25.7 Å². The molecule has 0 bridgehead atoms. The fourth-order valence-electron chi connectivity index (χ4n) is 4.07. The second-order valence-corrected chi connectivity index (χ2v) is 15.7. The molecule has 4 heterocycles. The van der Waals surface area contributed by atoms with Crippen molar-refractivity contribution in [2.24, 2.45) is 0 Å². The van der Waals surface area contributed by atoms with Gasteiger partial charge in [-0.25, -0.2) is 15.0 Å². The van der Waals surface area contributed by atoms with Gasteiger partial charge in [-0.2, -0.15) is 0 Å². The Morgan fingerprint density at radius 3 is 2.91 bits per heavy atom. The van der Waals surface area contributed by atoms with E-state index in [0.717, 1.165) is 60.4 Å². The van der Waals surface area contributed by atoms with Gasteiger partial charge in [0.05, 0.1) is 18.4 Å². The highest BCUT2D eigenvalue weighted by Gasteiger charge is 2.24. The van der Waals surface area contributed by atoms with Gasteiger partial charge in [-0.3, -0.25) is 9.69 Å². The molecule has 3 aromatic heterocycles. The highest BCUT2D eigenvalue weighted by molar-refractivity contribution is 6.76. The average molecular weight is 467 g/mol. The van der Waals surface area contributed by atoms with Crippen molar-refractivity contribution in [3.05, 3.63) is 36.8 Å². The summed E-state index contributed by atoms with van der Waals surface area (Å²) in [4.78, 5) is 27.7. The lowest BCUT2D eigenvalue weighted by atomic mass is 10.1. The molecule has 0 spiro atoms. The van der Waals surface area contributed by atoms with E-state index in [0.29, 0.717) is 13.3 Å². The lowest BCUT2D eigenvalue weighted by Gasteiger charge is -2.17. The van der Waals surface area contributed by atoms with Crippen LogP contribution in [0.25, 0.3) is 22.4 Å². The van der Waals surface area contributed by atoms with E-state index in [2.05, 4.69) is 34.8 Å². The molecule has 0 aromatic carbocycles. The Hall–Kier alpha value is -2.62. The number of carbonyl (C=O) groups excluding carboxylic acids is 1. The molecule has 1 aliphatic heterocycles. The molecule has 1 atom stereocenters. The third-order valence-corrected chi connectivity index (χ3v) is 7.54. The highest BCUT2D eigenvalue weighted by Crippen LogP contribution is 2.27. The van der Waals surface area contributed by atoms with Crippen molar-refractivity contribution in [2.75, 3.05) is 31.6 Å². The zero-order chi connectivity index (χ0) is 23.4. The standard InChI is InChI=1S/C24H34N6O2Si/c1-18(31)15-29-10-7-19(16-29)27-23-20(6-5-9-25-23)22-14-26-24-21(28-22)8-11-30(24)17-32-12-13-33(2,3)4/h5-6,8-9,11,14,19H,7,10,12-13,15-17H2,1-4H3,(H,25,27)/t19-/m1/s1. The van der Waals surface area contributed by atoms with Gasteiger partial charge in [-0.15, -0.1) is 0 Å². The second kappa shape index (κ2) is 10.1. The Bertz CT molecular complexity index is 1110. The summed E-state index contributed by atoms with van der Waals surface area (Å²) in [6.45, 7) is 12.2. The molecular weight excluding hydrogens is 432 g/mol. The van der Waals surface area contributed by atoms with Crippen molar-refractivity contribution in [1.82, 2.24) is 24.4 Å². The summed E-state index contributed by atoms with van der Waals surface area (Å²) in [5.74, 6) is 1.00. The molecule has 1 fully saturated rings. The topological polar surface area (TPSA) is 85.2 Å². The Labute approximate surface area is 196 Å². The van der Waals surface area contributed by atoms with Crippen molar-refractivity contribution in [3.8, 4) is 11.3 Å². The molecular formula is C24H34N6O2Si. The van der Waals surface area contributed by atoms with Crippen LogP contribution in [0.15, 0.2) is 36.8 Å². The quantitative estimate of drug-likeness (QED) is 0.358. The lowest BCUT2D eigenvalue weighted by molar-refractivity contribution is -0.117. The van der Waals surface area contributed by atoms with E-state index < -0.39 is 8.07 Å². The predicted octanol–water partition coefficient (Wildman–Crippen LogP) is 3.88. The number of pyridine rings is 1. The van der Waals surface area contributed by atoms with Gasteiger partial charge in [0, 0.05) is 51.8 Å². The fourth-order valence-corrected chi connectivity index (χ4v) is 4.82. The van der Waals surface area contributed by atoms with Gasteiger partial charge >= 0.3 is 0 Å². The van der Waals surface area contributed by atoms with Crippen molar-refractivity contribution in [1.29, 1.82) is 0 Å². The summed E-state index contributed by atoms with van der Waals surface area (Å²) in [6.07, 6.45) is 6.55. The van der Waals surface area contributed by atoms with Crippen molar-refractivity contribution in [3.63, 3.8) is 0 Å². The van der Waals surface area contributed by atoms with Crippen molar-refractivity contribution in [2.45, 2.75) is 51.8 Å². The van der Waals surface area contributed by atoms with Crippen LogP contribution in [-0.4, -0.2) is 70.6 Å². The van der Waals surface area contributed by atoms with Crippen molar-refractivity contribution < 1.29 is 9.53 Å². The average Bonchev–Trinajstić information content (AvgIpc) is 3.36. The first-order valence-corrected chi connectivity index (χ1v) is 15.3. The van der Waals surface area contributed by atoms with Crippen LogP contribution < -0.4 is 5.32 Å². The van der Waals surface area contributed by atoms with Gasteiger partial charge in [0.15, 0.2) is 5.65 Å². The van der Waals surface area contributed by atoms with E-state index in [1.54, 1.807) is 19.3 Å². The molecule has 0 radical (unpaired) electrons. The third-order valence-electron chi connectivity index (χ3n) is 5.83. The first-order valence-electron chi connectivity index (χ1n) is 11.6. The van der Waals surface area contributed by atoms with Crippen LogP contribution in [-0.2, 0) is 16.3 Å². The van der Waals surface area contributed by atoms with Crippen LogP contribution in [0.1, 0.15) is 13.3 Å². The largest absolute Gasteiger partial charge is 0.365 e. The molecule has 8 nitrogen and oxygen atoms in total. The lowest BCUT2D eigenvalue weighted by Crippen LogP contribution is -2.30. The summed E-state index contributed by atoms with van der Waals surface area (Å²) in [5, 5.41) is 3.56. The maximum atomic E-state index is 11.4. The first kappa shape index (κ1) is 23.5. The smallest absolute Gasteiger partial charge is 0.160 e. The molecule has 0 amide bonds. The van der Waals surface area contributed by atoms with Crippen LogP contribution in [0.3, 0.4) is 0 Å². The molecule has 9 heteroatoms. The zero-order valence-corrected chi connectivity index (χ0v) is 21.0. The van der Waals surface area contributed by atoms with E-state index in [4.69, 9.17) is 14.7 Å². The maximum absolute atomic E-state index is 11.4. The Morgan fingerprint density at radius 2 is 2.12 bits per heavy atom. The number of aromatic nitrogens is 4. The van der Waals surface area contributed by atoms with E-state index in [1.807, 2.05) is 29.0 Å². The van der Waals surface area contributed by atoms with Gasteiger partial charge < -0.3 is 14.6 Å². The minimum Gasteiger partial charge on any atom is -0.365 e. The van der Waals surface area contributed by atoms with E-state index in [-0.39, 0.29) is 11.8 Å². The van der Waals surface area contributed by atoms with Crippen LogP contribution in [0.5, 0.6) is 0 Å². The second-order valence-electron chi connectivity index (χ2n) is 10.1. The predicted molar refractivity (Wildman–Crippen MR) is 134 cm³/mol. The summed E-state index contributed by atoms with van der Waals surface area (Å²) in [7, 11) is -1.10. The number of likely N-dealkylation sites (tertiary alicyclic amines) is 1. The summed E-state index contributed by atoms with van der Waals surface area (Å²) in [5.41, 5.74) is 3.37. The Kier molecular flexibility index (Phi) is 7.21. The van der Waals surface area contributed by atoms with Gasteiger partial charge in [-0.05, 0) is 37.6 Å². The molecule has 0 saturated carbocycles. The number of nitrogens with one attached hydrogen (secondary N) is 1. The number of rotatable bonds is 10. The van der Waals surface area contributed by atoms with E-state index in [9.17, 15) is 4.79 Å². The van der Waals surface area contributed by atoms with Crippen LogP contribution in [0, 0.1) is 0 Å². The zero-order valence-electron chi connectivity index (χ0n) is 20.0. The van der Waals surface area contributed by atoms with Gasteiger partial charge in [-0.1, -0.05) is 19.6 Å². The molecule has 0 aliphatic carbocycles. The summed E-state index contributed by atoms with van der Waals surface area (Å²) >= 11 is 0. The van der Waals surface area contributed by atoms with Crippen LogP contribution >= 0.6 is 0 Å². The van der Waals surface area contributed by atoms with E-state index in [1.165, 1.54) is 0 Å². The Morgan fingerprint density at radius 1 is 1.27 bits per heavy atom. The molecule has 1 aliphatic rings. The first-order chi connectivity index (χ1) is 15.8. The number of fused-ring (bicyclic) bond motifs is 1. The minimum atomic E-state index is -1.10. The molecule has 176 valence electrons. The van der Waals surface area contributed by atoms with Gasteiger partial charge in [0.2, 0.25) is 0 Å². The molecule has 1 saturated heterocycles. The third kappa shape index (κ3) is 6.25. The number of nitrogens with zero attached hydrogens (tertiary/aromatic N) is 5. The van der Waals surface area contributed by atoms with Gasteiger partial charge in [0.25, 0.3) is 0 Å². The maximum Gasteiger partial charge on any atom is 0.160 e. The summed E-state index contributed by atoms with van der Waals surface area (Å²) < 4.78 is 7.89. The van der Waals surface area contributed by atoms with Crippen LogP contribution in [0.4, 0.5) is 5.82 Å². The number of anilines is 1. The van der Waals surface area contributed by atoms with Crippen molar-refractivity contribution >= 4 is 30.8 Å². The number of Topliss-reactive ketones (excluding diaryl/α,β-unsaturated/α-hetero) is 1. The normalized spacial score (nSPS) is 17.0. The molecule has 4 rings (SSSR count). The SMILES string of the molecule is CC(=O)CN1CC[C@@H](Nc2ncccc2-c2cnc3c(ccn3COCC[Si](C)(C)C)n2)C1. The number of ether oxygens (including phenoxy) is 1. The Balaban J connectivity index is 1.46. The number of carbonyl (C=O) groups is 1. The van der Waals surface area contributed by atoms with E-state index >= 15 is 0 Å². The monoisotopic (exact) mass is 466 g/mol. The molecule has 0 unspecified atom stereocenters. The number of hydrogen-bond acceptors (Lipinski definition) is 7. The molecule has 1 N–H and O–H groups in total. The molecule has 3 aromatic rings. The molecule has 33 heavy (non-hydrogen) atoms. The number of ketones is 1. The summed E-state index contributed by atoms with van der Waals surface area (Å²) in [6, 6.07) is 7.31. The van der Waals surface area contributed by atoms with Gasteiger partial charge in [0.1, 0.15) is 23.8 Å².